The fourth-order valence-corrected chi connectivity index (χ4v) is 4.13. The lowest BCUT2D eigenvalue weighted by molar-refractivity contribution is -0.140. The standard InChI is InChI=1S/C28H26FNO5/c1-18-4-3-5-19(16-18)17-35-23-12-8-21(9-13-23)26(31)24-25(20-6-10-22(29)11-7-20)30(14-15-34-2)28(33)27(24)32/h3-13,16,25,31H,14-15,17H2,1-2H3/t25-/m0/s1. The smallest absolute Gasteiger partial charge is 0.295 e. The lowest BCUT2D eigenvalue weighted by Crippen LogP contribution is -2.32. The number of hydrogen-bond donors (Lipinski definition) is 1. The number of ether oxygens (including phenoxy) is 2. The number of carbonyl (C=O) groups is 2. The minimum Gasteiger partial charge on any atom is -0.507 e. The number of aryl methyl sites for hydroxylation is 1. The monoisotopic (exact) mass is 475 g/mol. The molecule has 0 radical (unpaired) electrons. The molecule has 1 N–H and O–H groups in total. The molecule has 3 aromatic carbocycles. The van der Waals surface area contributed by atoms with Gasteiger partial charge in [0.15, 0.2) is 0 Å². The molecule has 3 aromatic rings. The Balaban J connectivity index is 1.63. The molecule has 1 aliphatic heterocycles. The molecule has 1 saturated heterocycles. The van der Waals surface area contributed by atoms with Crippen molar-refractivity contribution >= 4 is 17.4 Å². The number of Topliss-reactive ketones (excluding diaryl/α,β-unsaturated/α-hetero) is 1. The van der Waals surface area contributed by atoms with Crippen molar-refractivity contribution in [1.29, 1.82) is 0 Å². The third kappa shape index (κ3) is 5.25. The molecule has 0 unspecified atom stereocenters. The summed E-state index contributed by atoms with van der Waals surface area (Å²) in [6.45, 7) is 2.75. The van der Waals surface area contributed by atoms with Crippen LogP contribution in [-0.2, 0) is 20.9 Å². The highest BCUT2D eigenvalue weighted by molar-refractivity contribution is 6.46. The van der Waals surface area contributed by atoms with Gasteiger partial charge in [0.2, 0.25) is 0 Å². The molecule has 0 aromatic heterocycles. The first kappa shape index (κ1) is 24.2. The van der Waals surface area contributed by atoms with Crippen LogP contribution >= 0.6 is 0 Å². The van der Waals surface area contributed by atoms with E-state index in [-0.39, 0.29) is 24.5 Å². The van der Waals surface area contributed by atoms with Gasteiger partial charge in [-0.3, -0.25) is 9.59 Å². The molecule has 1 amide bonds. The van der Waals surface area contributed by atoms with Crippen molar-refractivity contribution in [2.45, 2.75) is 19.6 Å². The molecular formula is C28H26FNO5. The second kappa shape index (κ2) is 10.5. The molecule has 180 valence electrons. The number of carbonyl (C=O) groups excluding carboxylic acids is 2. The second-order valence-corrected chi connectivity index (χ2v) is 8.34. The van der Waals surface area contributed by atoms with Gasteiger partial charge in [0.05, 0.1) is 18.2 Å². The lowest BCUT2D eigenvalue weighted by atomic mass is 9.95. The predicted molar refractivity (Wildman–Crippen MR) is 129 cm³/mol. The van der Waals surface area contributed by atoms with E-state index in [1.807, 2.05) is 31.2 Å². The SMILES string of the molecule is COCCN1C(=O)C(=O)C(=C(O)c2ccc(OCc3cccc(C)c3)cc2)[C@@H]1c1ccc(F)cc1. The van der Waals surface area contributed by atoms with E-state index in [0.29, 0.717) is 23.5 Å². The summed E-state index contributed by atoms with van der Waals surface area (Å²) in [6, 6.07) is 19.3. The van der Waals surface area contributed by atoms with E-state index < -0.39 is 23.5 Å². The number of likely N-dealkylation sites (tertiary alicyclic amines) is 1. The van der Waals surface area contributed by atoms with Crippen LogP contribution in [0.15, 0.2) is 78.4 Å². The Hall–Kier alpha value is -3.97. The van der Waals surface area contributed by atoms with Gasteiger partial charge in [-0.25, -0.2) is 4.39 Å². The van der Waals surface area contributed by atoms with Crippen LogP contribution in [0.2, 0.25) is 0 Å². The Kier molecular flexibility index (Phi) is 7.27. The minimum atomic E-state index is -0.858. The number of rotatable bonds is 8. The summed E-state index contributed by atoms with van der Waals surface area (Å²) in [5.74, 6) is -1.69. The minimum absolute atomic E-state index is 0.0499. The van der Waals surface area contributed by atoms with Gasteiger partial charge >= 0.3 is 0 Å². The summed E-state index contributed by atoms with van der Waals surface area (Å²) >= 11 is 0. The van der Waals surface area contributed by atoms with E-state index in [1.54, 1.807) is 24.3 Å². The van der Waals surface area contributed by atoms with Crippen molar-refractivity contribution in [3.05, 3.63) is 106 Å². The zero-order chi connectivity index (χ0) is 24.9. The Morgan fingerprint density at radius 2 is 1.74 bits per heavy atom. The number of ketones is 1. The molecule has 0 aliphatic carbocycles. The Morgan fingerprint density at radius 1 is 1.03 bits per heavy atom. The van der Waals surface area contributed by atoms with Gasteiger partial charge in [-0.2, -0.15) is 0 Å². The molecule has 1 atom stereocenters. The third-order valence-corrected chi connectivity index (χ3v) is 5.88. The van der Waals surface area contributed by atoms with Crippen molar-refractivity contribution in [2.75, 3.05) is 20.3 Å². The van der Waals surface area contributed by atoms with Crippen molar-refractivity contribution in [3.8, 4) is 5.75 Å². The summed E-state index contributed by atoms with van der Waals surface area (Å²) < 4.78 is 24.5. The van der Waals surface area contributed by atoms with Crippen molar-refractivity contribution in [1.82, 2.24) is 4.90 Å². The molecule has 35 heavy (non-hydrogen) atoms. The summed E-state index contributed by atoms with van der Waals surface area (Å²) in [6.07, 6.45) is 0. The maximum absolute atomic E-state index is 13.5. The van der Waals surface area contributed by atoms with E-state index in [1.165, 1.54) is 36.3 Å². The van der Waals surface area contributed by atoms with Crippen LogP contribution in [0.1, 0.15) is 28.3 Å². The Bertz CT molecular complexity index is 1250. The molecule has 0 spiro atoms. The highest BCUT2D eigenvalue weighted by atomic mass is 19.1. The topological polar surface area (TPSA) is 76.1 Å². The molecule has 6 nitrogen and oxygen atoms in total. The summed E-state index contributed by atoms with van der Waals surface area (Å²) in [5.41, 5.74) is 3.01. The van der Waals surface area contributed by atoms with Crippen molar-refractivity contribution in [2.24, 2.45) is 0 Å². The van der Waals surface area contributed by atoms with Crippen LogP contribution in [0.25, 0.3) is 5.76 Å². The predicted octanol–water partition coefficient (Wildman–Crippen LogP) is 4.78. The largest absolute Gasteiger partial charge is 0.507 e. The number of aliphatic hydroxyl groups excluding tert-OH is 1. The van der Waals surface area contributed by atoms with Crippen LogP contribution in [0.5, 0.6) is 5.75 Å². The highest BCUT2D eigenvalue weighted by Gasteiger charge is 2.45. The number of benzene rings is 3. The van der Waals surface area contributed by atoms with E-state index in [2.05, 4.69) is 0 Å². The van der Waals surface area contributed by atoms with Crippen molar-refractivity contribution in [3.63, 3.8) is 0 Å². The molecule has 0 saturated carbocycles. The van der Waals surface area contributed by atoms with Gasteiger partial charge in [0, 0.05) is 19.2 Å². The summed E-state index contributed by atoms with van der Waals surface area (Å²) in [5, 5.41) is 11.1. The molecule has 1 fully saturated rings. The van der Waals surface area contributed by atoms with E-state index in [0.717, 1.165) is 11.1 Å². The van der Waals surface area contributed by atoms with Gasteiger partial charge in [0.1, 0.15) is 23.9 Å². The van der Waals surface area contributed by atoms with Crippen LogP contribution in [0.4, 0.5) is 4.39 Å². The van der Waals surface area contributed by atoms with Crippen LogP contribution in [0.3, 0.4) is 0 Å². The van der Waals surface area contributed by atoms with Crippen molar-refractivity contribution < 1.29 is 28.6 Å². The van der Waals surface area contributed by atoms with Gasteiger partial charge < -0.3 is 19.5 Å². The summed E-state index contributed by atoms with van der Waals surface area (Å²) in [4.78, 5) is 27.1. The highest BCUT2D eigenvalue weighted by Crippen LogP contribution is 2.39. The van der Waals surface area contributed by atoms with Crippen LogP contribution < -0.4 is 4.74 Å². The quantitative estimate of drug-likeness (QED) is 0.288. The zero-order valence-corrected chi connectivity index (χ0v) is 19.5. The number of nitrogens with zero attached hydrogens (tertiary/aromatic N) is 1. The van der Waals surface area contributed by atoms with Gasteiger partial charge in [-0.1, -0.05) is 42.0 Å². The Labute approximate surface area is 203 Å². The third-order valence-electron chi connectivity index (χ3n) is 5.88. The average molecular weight is 476 g/mol. The first-order chi connectivity index (χ1) is 16.9. The number of aliphatic hydroxyl groups is 1. The van der Waals surface area contributed by atoms with Gasteiger partial charge in [0.25, 0.3) is 11.7 Å². The van der Waals surface area contributed by atoms with Crippen LogP contribution in [-0.4, -0.2) is 42.0 Å². The molecule has 1 aliphatic rings. The number of methoxy groups -OCH3 is 1. The number of halogens is 1. The maximum Gasteiger partial charge on any atom is 0.295 e. The molecule has 4 rings (SSSR count). The summed E-state index contributed by atoms with van der Waals surface area (Å²) in [7, 11) is 1.49. The number of amides is 1. The molecular weight excluding hydrogens is 449 g/mol. The number of hydrogen-bond acceptors (Lipinski definition) is 5. The normalized spacial score (nSPS) is 17.1. The maximum atomic E-state index is 13.5. The first-order valence-electron chi connectivity index (χ1n) is 11.2. The average Bonchev–Trinajstić information content (AvgIpc) is 3.11. The molecule has 7 heteroatoms. The Morgan fingerprint density at radius 3 is 2.40 bits per heavy atom. The fourth-order valence-electron chi connectivity index (χ4n) is 4.13. The van der Waals surface area contributed by atoms with E-state index in [4.69, 9.17) is 9.47 Å². The zero-order valence-electron chi connectivity index (χ0n) is 19.5. The fraction of sp³-hybridized carbons (Fsp3) is 0.214. The van der Waals surface area contributed by atoms with Crippen LogP contribution in [0, 0.1) is 12.7 Å². The molecule has 1 heterocycles. The van der Waals surface area contributed by atoms with Gasteiger partial charge in [-0.05, 0) is 54.4 Å². The van der Waals surface area contributed by atoms with Gasteiger partial charge in [-0.15, -0.1) is 0 Å². The van der Waals surface area contributed by atoms with E-state index in [9.17, 15) is 19.1 Å². The first-order valence-corrected chi connectivity index (χ1v) is 11.2. The second-order valence-electron chi connectivity index (χ2n) is 8.34. The molecule has 0 bridgehead atoms. The van der Waals surface area contributed by atoms with E-state index >= 15 is 0 Å². The lowest BCUT2D eigenvalue weighted by Gasteiger charge is -2.25.